The minimum Gasteiger partial charge on any atom is -0.456 e. The molecule has 10 unspecified atom stereocenters. The van der Waals surface area contributed by atoms with Gasteiger partial charge >= 0.3 is 6.18 Å². The van der Waals surface area contributed by atoms with E-state index < -0.39 is 53.7 Å². The Kier molecular flexibility index (Phi) is 9.30. The molecule has 0 aromatic heterocycles. The van der Waals surface area contributed by atoms with Crippen molar-refractivity contribution in [1.82, 2.24) is 0 Å². The van der Waals surface area contributed by atoms with E-state index >= 15 is 0 Å². The summed E-state index contributed by atoms with van der Waals surface area (Å²) in [4.78, 5) is 0. The number of aliphatic hydroxyl groups is 1. The van der Waals surface area contributed by atoms with E-state index in [0.717, 1.165) is 51.4 Å². The van der Waals surface area contributed by atoms with Gasteiger partial charge in [0.15, 0.2) is 18.4 Å². The van der Waals surface area contributed by atoms with E-state index in [9.17, 15) is 18.3 Å². The predicted octanol–water partition coefficient (Wildman–Crippen LogP) is 7.23. The molecule has 1 spiro atoms. The Morgan fingerprint density at radius 1 is 0.830 bits per heavy atom. The summed E-state index contributed by atoms with van der Waals surface area (Å²) in [5, 5.41) is 12.0. The summed E-state index contributed by atoms with van der Waals surface area (Å²) in [7, 11) is 0. The predicted molar refractivity (Wildman–Crippen MR) is 164 cm³/mol. The van der Waals surface area contributed by atoms with Crippen LogP contribution in [0.4, 0.5) is 13.2 Å². The van der Waals surface area contributed by atoms with Crippen molar-refractivity contribution in [3.63, 3.8) is 0 Å². The van der Waals surface area contributed by atoms with Crippen LogP contribution in [0.25, 0.3) is 0 Å². The van der Waals surface area contributed by atoms with Gasteiger partial charge in [0.25, 0.3) is 0 Å². The van der Waals surface area contributed by atoms with Crippen LogP contribution in [0.2, 0.25) is 0 Å². The Balaban J connectivity index is 0.917. The highest BCUT2D eigenvalue weighted by Crippen LogP contribution is 2.64. The first-order valence-electron chi connectivity index (χ1n) is 18.4. The van der Waals surface area contributed by atoms with Gasteiger partial charge in [0, 0.05) is 43.0 Å². The number of hydrogen-bond donors (Lipinski definition) is 1. The summed E-state index contributed by atoms with van der Waals surface area (Å²) in [5.41, 5.74) is -1.73. The number of allylic oxidation sites excluding steroid dienone is 1. The minimum atomic E-state index is -4.64. The lowest BCUT2D eigenvalue weighted by Gasteiger charge is -2.57. The van der Waals surface area contributed by atoms with Crippen molar-refractivity contribution in [2.75, 3.05) is 19.8 Å². The fraction of sp³-hybridized carbons (Fsp3) is 0.944. The highest BCUT2D eigenvalue weighted by Gasteiger charge is 2.72. The quantitative estimate of drug-likeness (QED) is 0.257. The lowest BCUT2D eigenvalue weighted by atomic mass is 9.58. The fourth-order valence-corrected chi connectivity index (χ4v) is 10.8. The molecule has 2 bridgehead atoms. The van der Waals surface area contributed by atoms with E-state index in [1.165, 1.54) is 0 Å². The molecule has 47 heavy (non-hydrogen) atoms. The van der Waals surface area contributed by atoms with Crippen molar-refractivity contribution in [2.24, 2.45) is 41.4 Å². The molecule has 11 heteroatoms. The third kappa shape index (κ3) is 5.79. The Labute approximate surface area is 277 Å². The van der Waals surface area contributed by atoms with Crippen LogP contribution >= 0.6 is 0 Å². The number of rotatable bonds is 9. The average molecular weight is 673 g/mol. The normalized spacial score (nSPS) is 49.2. The Hall–Kier alpha value is -0.950. The van der Waals surface area contributed by atoms with E-state index in [1.807, 2.05) is 13.8 Å². The lowest BCUT2D eigenvalue weighted by molar-refractivity contribution is -0.382. The van der Waals surface area contributed by atoms with Crippen LogP contribution in [-0.4, -0.2) is 73.1 Å². The van der Waals surface area contributed by atoms with Crippen LogP contribution in [0.15, 0.2) is 11.3 Å². The molecule has 8 nitrogen and oxygen atoms in total. The van der Waals surface area contributed by atoms with E-state index in [1.54, 1.807) is 0 Å². The summed E-state index contributed by atoms with van der Waals surface area (Å²) in [6.45, 7) is 11.1. The Morgan fingerprint density at radius 2 is 1.55 bits per heavy atom. The second-order valence-electron chi connectivity index (χ2n) is 16.1. The highest BCUT2D eigenvalue weighted by molar-refractivity contribution is 5.29. The van der Waals surface area contributed by atoms with Gasteiger partial charge in [0.05, 0.1) is 12.7 Å². The van der Waals surface area contributed by atoms with Crippen LogP contribution in [0.5, 0.6) is 0 Å². The monoisotopic (exact) mass is 672 g/mol. The molecular weight excluding hydrogens is 617 g/mol. The molecule has 6 fully saturated rings. The maximum Gasteiger partial charge on any atom is 0.449 e. The van der Waals surface area contributed by atoms with Crippen LogP contribution < -0.4 is 0 Å². The molecule has 0 radical (unpaired) electrons. The third-order valence-corrected chi connectivity index (χ3v) is 13.2. The molecule has 2 saturated carbocycles. The zero-order chi connectivity index (χ0) is 33.4. The second kappa shape index (κ2) is 12.7. The van der Waals surface area contributed by atoms with Gasteiger partial charge in [-0.1, -0.05) is 20.8 Å². The molecule has 0 aromatic carbocycles. The topological polar surface area (TPSA) is 84.8 Å². The van der Waals surface area contributed by atoms with Crippen molar-refractivity contribution in [2.45, 2.75) is 153 Å². The van der Waals surface area contributed by atoms with Crippen molar-refractivity contribution < 1.29 is 51.4 Å². The zero-order valence-corrected chi connectivity index (χ0v) is 28.7. The van der Waals surface area contributed by atoms with Gasteiger partial charge in [0.1, 0.15) is 11.2 Å². The molecule has 268 valence electrons. The summed E-state index contributed by atoms with van der Waals surface area (Å²) >= 11 is 0. The minimum absolute atomic E-state index is 0.0192. The lowest BCUT2D eigenvalue weighted by Crippen LogP contribution is -2.66. The average Bonchev–Trinajstić information content (AvgIpc) is 3.14. The molecule has 2 aliphatic carbocycles. The fourth-order valence-electron chi connectivity index (χ4n) is 10.8. The van der Waals surface area contributed by atoms with E-state index in [0.29, 0.717) is 44.3 Å². The third-order valence-electron chi connectivity index (χ3n) is 13.2. The van der Waals surface area contributed by atoms with Crippen LogP contribution in [-0.2, 0) is 33.2 Å². The summed E-state index contributed by atoms with van der Waals surface area (Å²) in [6, 6.07) is 0. The van der Waals surface area contributed by atoms with Crippen molar-refractivity contribution in [3.05, 3.63) is 11.3 Å². The van der Waals surface area contributed by atoms with E-state index in [4.69, 9.17) is 33.2 Å². The van der Waals surface area contributed by atoms with Gasteiger partial charge in [-0.15, -0.1) is 0 Å². The molecule has 7 rings (SSSR count). The zero-order valence-electron chi connectivity index (χ0n) is 28.7. The number of unbranched alkanes of at least 4 members (excludes halogenated alkanes) is 2. The molecule has 14 atom stereocenters. The van der Waals surface area contributed by atoms with E-state index in [-0.39, 0.29) is 42.0 Å². The highest BCUT2D eigenvalue weighted by atomic mass is 19.4. The standard InChI is InChI=1S/C36H55F3O8/c1-20-9-12-27-23(4)30(45-31-34(27,40)25(20)14-11-22(3)43-31)42-18-8-6-7-17-41-19-24-28-13-10-21(2)26-15-16-33(5)46-32(35(26,28)47-33)44-29(24)36(37,38)39/h20-23,25-28,30-32,40H,6-19H2,1-5H3/t20-,21?,22?,23?,25?,26?,27+,28?,30?,31?,32?,33+,34-,35?/m1/s1. The molecule has 5 aliphatic heterocycles. The maximum atomic E-state index is 14.3. The van der Waals surface area contributed by atoms with Crippen LogP contribution in [0.3, 0.4) is 0 Å². The SMILES string of the molecule is CC1CCC2[C@H](C)CC[C@H]3C(C)C(OCCCCCOCC4=C(C(F)(F)F)OC5O[C@]6(C)CCC7C(C)CCC4C57O6)OC(O1)[C@@]23O. The number of ether oxygens (including phenoxy) is 7. The second-order valence-corrected chi connectivity index (χ2v) is 16.1. The van der Waals surface area contributed by atoms with Crippen molar-refractivity contribution in [1.29, 1.82) is 0 Å². The maximum absolute atomic E-state index is 14.3. The first-order chi connectivity index (χ1) is 22.3. The first-order valence-corrected chi connectivity index (χ1v) is 18.4. The van der Waals surface area contributed by atoms with Gasteiger partial charge < -0.3 is 38.3 Å². The van der Waals surface area contributed by atoms with E-state index in [2.05, 4.69) is 20.8 Å². The number of alkyl halides is 3. The van der Waals surface area contributed by atoms with Gasteiger partial charge in [-0.2, -0.15) is 13.2 Å². The summed E-state index contributed by atoms with van der Waals surface area (Å²) in [5.74, 6) is -1.24. The number of fused-ring (bicyclic) bond motifs is 1. The number of halogens is 3. The largest absolute Gasteiger partial charge is 0.456 e. The van der Waals surface area contributed by atoms with Gasteiger partial charge in [-0.05, 0) is 102 Å². The first kappa shape index (κ1) is 34.5. The van der Waals surface area contributed by atoms with Crippen molar-refractivity contribution in [3.8, 4) is 0 Å². The van der Waals surface area contributed by atoms with Crippen LogP contribution in [0, 0.1) is 41.4 Å². The molecular formula is C36H55F3O8. The van der Waals surface area contributed by atoms with Crippen molar-refractivity contribution >= 4 is 0 Å². The van der Waals surface area contributed by atoms with Gasteiger partial charge in [0.2, 0.25) is 12.0 Å². The Bertz CT molecular complexity index is 1180. The van der Waals surface area contributed by atoms with Gasteiger partial charge in [-0.3, -0.25) is 0 Å². The number of hydrogen-bond acceptors (Lipinski definition) is 8. The molecule has 5 heterocycles. The molecule has 4 saturated heterocycles. The smallest absolute Gasteiger partial charge is 0.449 e. The molecule has 0 amide bonds. The summed E-state index contributed by atoms with van der Waals surface area (Å²) < 4.78 is 86.1. The van der Waals surface area contributed by atoms with Crippen LogP contribution in [0.1, 0.15) is 105 Å². The molecule has 1 N–H and O–H groups in total. The molecule has 0 aromatic rings. The summed E-state index contributed by atoms with van der Waals surface area (Å²) in [6.07, 6.45) is 2.27. The Morgan fingerprint density at radius 3 is 2.34 bits per heavy atom. The van der Waals surface area contributed by atoms with Gasteiger partial charge in [-0.25, -0.2) is 0 Å². The molecule has 7 aliphatic rings.